The summed E-state index contributed by atoms with van der Waals surface area (Å²) in [4.78, 5) is 40.3. The van der Waals surface area contributed by atoms with Gasteiger partial charge in [-0.25, -0.2) is 14.5 Å². The molecule has 0 spiro atoms. The number of halogens is 1. The number of aromatic amines is 2. The zero-order valence-electron chi connectivity index (χ0n) is 14.9. The Bertz CT molecular complexity index is 1090. The molecule has 0 bridgehead atoms. The van der Waals surface area contributed by atoms with Crippen molar-refractivity contribution in [1.82, 2.24) is 24.6 Å². The number of H-pyrrole nitrogens is 2. The summed E-state index contributed by atoms with van der Waals surface area (Å²) in [7, 11) is 0. The van der Waals surface area contributed by atoms with Gasteiger partial charge in [0.1, 0.15) is 15.8 Å². The van der Waals surface area contributed by atoms with E-state index in [0.29, 0.717) is 36.8 Å². The number of carbonyl (C=O) groups is 1. The Morgan fingerprint density at radius 3 is 2.79 bits per heavy atom. The lowest BCUT2D eigenvalue weighted by atomic mass is 9.93. The Balaban J connectivity index is 1.41. The van der Waals surface area contributed by atoms with Crippen LogP contribution >= 0.6 is 22.9 Å². The van der Waals surface area contributed by atoms with Crippen LogP contribution in [0.1, 0.15) is 29.0 Å². The first-order valence-corrected chi connectivity index (χ1v) is 10.2. The Morgan fingerprint density at radius 2 is 2.11 bits per heavy atom. The summed E-state index contributed by atoms with van der Waals surface area (Å²) in [6.45, 7) is 1.21. The molecule has 4 rings (SSSR count). The van der Waals surface area contributed by atoms with E-state index in [2.05, 4.69) is 15.2 Å². The van der Waals surface area contributed by atoms with Crippen LogP contribution < -0.4 is 11.2 Å². The van der Waals surface area contributed by atoms with Gasteiger partial charge in [-0.2, -0.15) is 5.10 Å². The molecule has 28 heavy (non-hydrogen) atoms. The molecule has 0 unspecified atom stereocenters. The number of hydrogen-bond donors (Lipinski definition) is 2. The Kier molecular flexibility index (Phi) is 5.19. The molecule has 0 atom stereocenters. The Labute approximate surface area is 168 Å². The number of amides is 1. The lowest BCUT2D eigenvalue weighted by molar-refractivity contribution is 0.0689. The van der Waals surface area contributed by atoms with E-state index >= 15 is 0 Å². The van der Waals surface area contributed by atoms with Gasteiger partial charge in [-0.3, -0.25) is 9.59 Å². The van der Waals surface area contributed by atoms with E-state index in [1.54, 1.807) is 9.47 Å². The molecule has 146 valence electrons. The van der Waals surface area contributed by atoms with Crippen molar-refractivity contribution in [3.8, 4) is 5.00 Å². The molecule has 1 aliphatic heterocycles. The quantitative estimate of drug-likeness (QED) is 0.675. The highest BCUT2D eigenvalue weighted by atomic mass is 35.5. The molecule has 1 amide bonds. The third-order valence-electron chi connectivity index (χ3n) is 4.95. The fraction of sp³-hybridized carbons (Fsp3) is 0.333. The van der Waals surface area contributed by atoms with Gasteiger partial charge in [0.05, 0.1) is 5.56 Å². The zero-order chi connectivity index (χ0) is 19.7. The van der Waals surface area contributed by atoms with Crippen LogP contribution in [0.3, 0.4) is 0 Å². The number of carbonyl (C=O) groups excluding carboxylic acids is 1. The third kappa shape index (κ3) is 3.67. The highest BCUT2D eigenvalue weighted by Gasteiger charge is 2.26. The SMILES string of the molecule is O=C(c1c[nH]c(=O)c(Cl)c1)N1CCC(Cc2n[nH]c(=O)n2-c2cccs2)CC1. The molecule has 3 aromatic heterocycles. The molecular weight excluding hydrogens is 402 g/mol. The van der Waals surface area contributed by atoms with Gasteiger partial charge in [0.25, 0.3) is 11.5 Å². The third-order valence-corrected chi connectivity index (χ3v) is 6.08. The predicted octanol–water partition coefficient (Wildman–Crippen LogP) is 2.06. The van der Waals surface area contributed by atoms with E-state index in [9.17, 15) is 14.4 Å². The average Bonchev–Trinajstić information content (AvgIpc) is 3.34. The number of hydrogen-bond acceptors (Lipinski definition) is 5. The molecule has 4 heterocycles. The Morgan fingerprint density at radius 1 is 1.32 bits per heavy atom. The fourth-order valence-electron chi connectivity index (χ4n) is 3.45. The maximum atomic E-state index is 12.6. The van der Waals surface area contributed by atoms with E-state index in [0.717, 1.165) is 17.8 Å². The first-order chi connectivity index (χ1) is 13.5. The molecular formula is C18H18ClN5O3S. The smallest absolute Gasteiger partial charge is 0.339 e. The zero-order valence-corrected chi connectivity index (χ0v) is 16.4. The molecule has 0 aromatic carbocycles. The van der Waals surface area contributed by atoms with Crippen LogP contribution in [0.25, 0.3) is 5.00 Å². The summed E-state index contributed by atoms with van der Waals surface area (Å²) in [5.41, 5.74) is -0.269. The van der Waals surface area contributed by atoms with Crippen molar-refractivity contribution < 1.29 is 4.79 Å². The van der Waals surface area contributed by atoms with Gasteiger partial charge in [0.2, 0.25) is 0 Å². The molecule has 1 fully saturated rings. The lowest BCUT2D eigenvalue weighted by Gasteiger charge is -2.31. The van der Waals surface area contributed by atoms with E-state index in [4.69, 9.17) is 11.6 Å². The largest absolute Gasteiger partial charge is 0.348 e. The number of thiophene rings is 1. The molecule has 0 saturated carbocycles. The minimum atomic E-state index is -0.410. The van der Waals surface area contributed by atoms with Crippen molar-refractivity contribution in [1.29, 1.82) is 0 Å². The molecule has 2 N–H and O–H groups in total. The van der Waals surface area contributed by atoms with Crippen LogP contribution in [-0.2, 0) is 6.42 Å². The van der Waals surface area contributed by atoms with Crippen LogP contribution in [0.2, 0.25) is 5.02 Å². The van der Waals surface area contributed by atoms with Crippen molar-refractivity contribution in [3.05, 3.63) is 67.0 Å². The van der Waals surface area contributed by atoms with Crippen LogP contribution in [0.5, 0.6) is 0 Å². The molecule has 10 heteroatoms. The number of aromatic nitrogens is 4. The second kappa shape index (κ2) is 7.76. The standard InChI is InChI=1S/C18H18ClN5O3S/c19-13-9-12(10-20-16(13)25)17(26)23-5-3-11(4-6-23)8-14-21-22-18(27)24(14)15-2-1-7-28-15/h1-2,7,9-11H,3-6,8H2,(H,20,25)(H,22,27). The fourth-order valence-corrected chi connectivity index (χ4v) is 4.37. The second-order valence-electron chi connectivity index (χ2n) is 6.74. The highest BCUT2D eigenvalue weighted by molar-refractivity contribution is 7.12. The van der Waals surface area contributed by atoms with E-state index in [1.807, 2.05) is 17.5 Å². The molecule has 0 radical (unpaired) electrons. The molecule has 3 aromatic rings. The van der Waals surface area contributed by atoms with Crippen LogP contribution in [0.4, 0.5) is 0 Å². The van der Waals surface area contributed by atoms with Crippen molar-refractivity contribution in [2.24, 2.45) is 5.92 Å². The lowest BCUT2D eigenvalue weighted by Crippen LogP contribution is -2.39. The number of rotatable bonds is 4. The minimum Gasteiger partial charge on any atom is -0.339 e. The van der Waals surface area contributed by atoms with E-state index < -0.39 is 5.56 Å². The number of nitrogens with zero attached hydrogens (tertiary/aromatic N) is 3. The summed E-state index contributed by atoms with van der Waals surface area (Å²) in [5.74, 6) is 0.897. The molecule has 1 saturated heterocycles. The minimum absolute atomic E-state index is 0.00539. The van der Waals surface area contributed by atoms with Crippen LogP contribution in [-0.4, -0.2) is 43.6 Å². The molecule has 8 nitrogen and oxygen atoms in total. The first kappa shape index (κ1) is 18.7. The summed E-state index contributed by atoms with van der Waals surface area (Å²) in [6, 6.07) is 5.19. The van der Waals surface area contributed by atoms with Crippen LogP contribution in [0.15, 0.2) is 39.4 Å². The number of nitrogens with one attached hydrogen (secondary N) is 2. The summed E-state index contributed by atoms with van der Waals surface area (Å²) in [6.07, 6.45) is 3.69. The van der Waals surface area contributed by atoms with E-state index in [-0.39, 0.29) is 16.6 Å². The summed E-state index contributed by atoms with van der Waals surface area (Å²) < 4.78 is 1.62. The number of pyridine rings is 1. The van der Waals surface area contributed by atoms with E-state index in [1.165, 1.54) is 23.6 Å². The van der Waals surface area contributed by atoms with Crippen LogP contribution in [0, 0.1) is 5.92 Å². The summed E-state index contributed by atoms with van der Waals surface area (Å²) >= 11 is 7.31. The predicted molar refractivity (Wildman–Crippen MR) is 106 cm³/mol. The van der Waals surface area contributed by atoms with Crippen molar-refractivity contribution >= 4 is 28.8 Å². The normalized spacial score (nSPS) is 15.1. The van der Waals surface area contributed by atoms with Gasteiger partial charge in [-0.05, 0) is 42.3 Å². The van der Waals surface area contributed by atoms with Gasteiger partial charge in [0, 0.05) is 25.7 Å². The van der Waals surface area contributed by atoms with Gasteiger partial charge in [-0.15, -0.1) is 11.3 Å². The van der Waals surface area contributed by atoms with Crippen molar-refractivity contribution in [2.75, 3.05) is 13.1 Å². The van der Waals surface area contributed by atoms with Crippen molar-refractivity contribution in [2.45, 2.75) is 19.3 Å². The number of piperidine rings is 1. The van der Waals surface area contributed by atoms with Gasteiger partial charge < -0.3 is 9.88 Å². The average molecular weight is 420 g/mol. The number of likely N-dealkylation sites (tertiary alicyclic amines) is 1. The molecule has 0 aliphatic carbocycles. The molecule has 1 aliphatic rings. The van der Waals surface area contributed by atoms with Gasteiger partial charge in [0.15, 0.2) is 0 Å². The topological polar surface area (TPSA) is 104 Å². The Hall–Kier alpha value is -2.65. The maximum absolute atomic E-state index is 12.6. The second-order valence-corrected chi connectivity index (χ2v) is 8.07. The first-order valence-electron chi connectivity index (χ1n) is 8.90. The maximum Gasteiger partial charge on any atom is 0.348 e. The summed E-state index contributed by atoms with van der Waals surface area (Å²) in [5, 5.41) is 9.49. The van der Waals surface area contributed by atoms with Gasteiger partial charge >= 0.3 is 5.69 Å². The highest BCUT2D eigenvalue weighted by Crippen LogP contribution is 2.23. The van der Waals surface area contributed by atoms with Gasteiger partial charge in [-0.1, -0.05) is 11.6 Å². The monoisotopic (exact) mass is 419 g/mol. The van der Waals surface area contributed by atoms with Crippen molar-refractivity contribution in [3.63, 3.8) is 0 Å².